The molecule has 0 saturated carbocycles. The van der Waals surface area contributed by atoms with Crippen molar-refractivity contribution in [1.29, 1.82) is 0 Å². The number of hydrogen-bond donors (Lipinski definition) is 0. The van der Waals surface area contributed by atoms with E-state index in [2.05, 4.69) is 4.98 Å². The number of aryl methyl sites for hydroxylation is 1. The van der Waals surface area contributed by atoms with Crippen LogP contribution in [0, 0.1) is 6.92 Å². The fourth-order valence-corrected chi connectivity index (χ4v) is 3.87. The van der Waals surface area contributed by atoms with Crippen molar-refractivity contribution in [3.63, 3.8) is 0 Å². The van der Waals surface area contributed by atoms with Crippen molar-refractivity contribution in [2.45, 2.75) is 58.9 Å². The van der Waals surface area contributed by atoms with Crippen molar-refractivity contribution >= 4 is 17.5 Å². The van der Waals surface area contributed by atoms with Gasteiger partial charge in [-0.25, -0.2) is 0 Å². The number of anilines is 1. The summed E-state index contributed by atoms with van der Waals surface area (Å²) in [6, 6.07) is 11.7. The molecule has 3 rings (SSSR count). The van der Waals surface area contributed by atoms with E-state index in [0.717, 1.165) is 49.2 Å². The molecule has 29 heavy (non-hydrogen) atoms. The van der Waals surface area contributed by atoms with Gasteiger partial charge in [0, 0.05) is 44.1 Å². The number of benzene rings is 1. The number of para-hydroxylation sites is 1. The van der Waals surface area contributed by atoms with Crippen molar-refractivity contribution in [2.24, 2.45) is 0 Å². The zero-order valence-electron chi connectivity index (χ0n) is 17.6. The van der Waals surface area contributed by atoms with Crippen LogP contribution in [0.25, 0.3) is 0 Å². The van der Waals surface area contributed by atoms with Crippen LogP contribution < -0.4 is 4.90 Å². The number of carbonyl (C=O) groups excluding carboxylic acids is 2. The summed E-state index contributed by atoms with van der Waals surface area (Å²) in [5.41, 5.74) is 3.43. The zero-order valence-corrected chi connectivity index (χ0v) is 17.6. The maximum Gasteiger partial charge on any atom is 0.255 e. The molecule has 0 unspecified atom stereocenters. The molecule has 0 spiro atoms. The van der Waals surface area contributed by atoms with Crippen LogP contribution in [0.15, 0.2) is 42.6 Å². The molecule has 0 saturated heterocycles. The van der Waals surface area contributed by atoms with E-state index >= 15 is 0 Å². The third-order valence-corrected chi connectivity index (χ3v) is 5.53. The standard InChI is InChI=1S/C24H31N3O2/c1-19-13-14-21(17-25-19)24(29)26-15-9-5-3-4-6-10-16-27(20(2)28)23-12-8-7-11-22(23)18-26/h7-8,11-14,17H,3-6,9-10,15-16,18H2,1-2H3. The average molecular weight is 394 g/mol. The predicted molar refractivity (Wildman–Crippen MR) is 116 cm³/mol. The Morgan fingerprint density at radius 2 is 1.59 bits per heavy atom. The molecule has 5 nitrogen and oxygen atoms in total. The fourth-order valence-electron chi connectivity index (χ4n) is 3.87. The number of carbonyl (C=O) groups is 2. The van der Waals surface area contributed by atoms with Gasteiger partial charge in [0.25, 0.3) is 5.91 Å². The first-order valence-corrected chi connectivity index (χ1v) is 10.6. The number of rotatable bonds is 1. The molecule has 0 fully saturated rings. The summed E-state index contributed by atoms with van der Waals surface area (Å²) < 4.78 is 0. The minimum atomic E-state index is -0.00319. The van der Waals surface area contributed by atoms with E-state index in [1.165, 1.54) is 12.8 Å². The highest BCUT2D eigenvalue weighted by Gasteiger charge is 2.21. The number of nitrogens with zero attached hydrogens (tertiary/aromatic N) is 3. The summed E-state index contributed by atoms with van der Waals surface area (Å²) in [5.74, 6) is 0.0458. The molecule has 1 aromatic carbocycles. The highest BCUT2D eigenvalue weighted by molar-refractivity contribution is 5.94. The number of pyridine rings is 1. The minimum absolute atomic E-state index is 0.00319. The van der Waals surface area contributed by atoms with Crippen LogP contribution in [0.1, 0.15) is 67.1 Å². The molecule has 0 atom stereocenters. The summed E-state index contributed by atoms with van der Waals surface area (Å²) >= 11 is 0. The molecular formula is C24H31N3O2. The van der Waals surface area contributed by atoms with Gasteiger partial charge in [0.1, 0.15) is 0 Å². The third kappa shape index (κ3) is 5.66. The predicted octanol–water partition coefficient (Wildman–Crippen LogP) is 4.74. The van der Waals surface area contributed by atoms with E-state index in [4.69, 9.17) is 0 Å². The zero-order chi connectivity index (χ0) is 20.6. The lowest BCUT2D eigenvalue weighted by atomic mass is 10.1. The first kappa shape index (κ1) is 21.0. The number of aromatic nitrogens is 1. The van der Waals surface area contributed by atoms with Crippen LogP contribution in [0.4, 0.5) is 5.69 Å². The van der Waals surface area contributed by atoms with E-state index in [0.29, 0.717) is 18.7 Å². The molecule has 0 radical (unpaired) electrons. The van der Waals surface area contributed by atoms with Gasteiger partial charge in [-0.3, -0.25) is 14.6 Å². The van der Waals surface area contributed by atoms with Gasteiger partial charge in [0.2, 0.25) is 5.91 Å². The van der Waals surface area contributed by atoms with E-state index < -0.39 is 0 Å². The largest absolute Gasteiger partial charge is 0.334 e. The van der Waals surface area contributed by atoms with Crippen LogP contribution >= 0.6 is 0 Å². The fraction of sp³-hybridized carbons (Fsp3) is 0.458. The molecule has 0 N–H and O–H groups in total. The lowest BCUT2D eigenvalue weighted by Crippen LogP contribution is -2.34. The molecule has 1 aromatic heterocycles. The summed E-state index contributed by atoms with van der Waals surface area (Å²) in [6.45, 7) is 5.46. The quantitative estimate of drug-likeness (QED) is 0.703. The van der Waals surface area contributed by atoms with Gasteiger partial charge in [0.05, 0.1) is 5.56 Å². The molecule has 0 bridgehead atoms. The van der Waals surface area contributed by atoms with Crippen LogP contribution in [-0.4, -0.2) is 34.8 Å². The van der Waals surface area contributed by atoms with Crippen LogP contribution in [-0.2, 0) is 11.3 Å². The van der Waals surface area contributed by atoms with Crippen molar-refractivity contribution < 1.29 is 9.59 Å². The van der Waals surface area contributed by atoms with Crippen LogP contribution in [0.2, 0.25) is 0 Å². The van der Waals surface area contributed by atoms with Gasteiger partial charge in [-0.1, -0.05) is 43.9 Å². The second-order valence-electron chi connectivity index (χ2n) is 7.84. The summed E-state index contributed by atoms with van der Waals surface area (Å²) in [4.78, 5) is 33.6. The van der Waals surface area contributed by atoms with E-state index in [1.807, 2.05) is 53.1 Å². The Hall–Kier alpha value is -2.69. The summed E-state index contributed by atoms with van der Waals surface area (Å²) in [7, 11) is 0. The Labute approximate surface area is 173 Å². The third-order valence-electron chi connectivity index (χ3n) is 5.53. The van der Waals surface area contributed by atoms with Crippen LogP contribution in [0.3, 0.4) is 0 Å². The molecule has 154 valence electrons. The summed E-state index contributed by atoms with van der Waals surface area (Å²) in [5, 5.41) is 0. The first-order valence-electron chi connectivity index (χ1n) is 10.6. The van der Waals surface area contributed by atoms with Gasteiger partial charge in [-0.15, -0.1) is 0 Å². The SMILES string of the molecule is CC(=O)N1CCCCCCCCN(C(=O)c2ccc(C)nc2)Cc2ccccc21. The highest BCUT2D eigenvalue weighted by atomic mass is 16.2. The monoisotopic (exact) mass is 393 g/mol. The Bertz CT molecular complexity index is 832. The van der Waals surface area contributed by atoms with Crippen molar-refractivity contribution in [3.8, 4) is 0 Å². The van der Waals surface area contributed by atoms with E-state index in [1.54, 1.807) is 13.1 Å². The van der Waals surface area contributed by atoms with E-state index in [9.17, 15) is 9.59 Å². The second-order valence-corrected chi connectivity index (χ2v) is 7.84. The Morgan fingerprint density at radius 1 is 0.897 bits per heavy atom. The van der Waals surface area contributed by atoms with Crippen molar-refractivity contribution in [3.05, 3.63) is 59.4 Å². The Morgan fingerprint density at radius 3 is 2.28 bits per heavy atom. The first-order chi connectivity index (χ1) is 14.1. The summed E-state index contributed by atoms with van der Waals surface area (Å²) in [6.07, 6.45) is 8.24. The van der Waals surface area contributed by atoms with Gasteiger partial charge in [0.15, 0.2) is 0 Å². The van der Waals surface area contributed by atoms with Gasteiger partial charge in [-0.05, 0) is 43.5 Å². The van der Waals surface area contributed by atoms with Crippen molar-refractivity contribution in [2.75, 3.05) is 18.0 Å². The Balaban J connectivity index is 1.92. The lowest BCUT2D eigenvalue weighted by Gasteiger charge is -2.28. The van der Waals surface area contributed by atoms with Gasteiger partial charge < -0.3 is 9.80 Å². The number of amides is 2. The molecule has 2 heterocycles. The normalized spacial score (nSPS) is 16.2. The van der Waals surface area contributed by atoms with Crippen LogP contribution in [0.5, 0.6) is 0 Å². The molecule has 5 heteroatoms. The molecular weight excluding hydrogens is 362 g/mol. The molecule has 1 aliphatic rings. The second kappa shape index (κ2) is 10.2. The minimum Gasteiger partial charge on any atom is -0.334 e. The maximum absolute atomic E-state index is 13.2. The average Bonchev–Trinajstić information content (AvgIpc) is 2.73. The lowest BCUT2D eigenvalue weighted by molar-refractivity contribution is -0.116. The van der Waals surface area contributed by atoms with Gasteiger partial charge >= 0.3 is 0 Å². The van der Waals surface area contributed by atoms with Gasteiger partial charge in [-0.2, -0.15) is 0 Å². The topological polar surface area (TPSA) is 53.5 Å². The van der Waals surface area contributed by atoms with Crippen molar-refractivity contribution in [1.82, 2.24) is 9.88 Å². The molecule has 2 amide bonds. The highest BCUT2D eigenvalue weighted by Crippen LogP contribution is 2.25. The van der Waals surface area contributed by atoms with E-state index in [-0.39, 0.29) is 11.8 Å². The molecule has 1 aliphatic heterocycles. The number of hydrogen-bond acceptors (Lipinski definition) is 3. The number of fused-ring (bicyclic) bond motifs is 1. The smallest absolute Gasteiger partial charge is 0.255 e. The molecule has 2 aromatic rings. The molecule has 0 aliphatic carbocycles. The maximum atomic E-state index is 13.2. The Kier molecular flexibility index (Phi) is 7.39.